The predicted octanol–water partition coefficient (Wildman–Crippen LogP) is 4.11. The van der Waals surface area contributed by atoms with E-state index in [2.05, 4.69) is 5.32 Å². The second kappa shape index (κ2) is 7.68. The van der Waals surface area contributed by atoms with Crippen molar-refractivity contribution in [2.75, 3.05) is 25.6 Å². The van der Waals surface area contributed by atoms with Gasteiger partial charge in [0.15, 0.2) is 0 Å². The number of benzene rings is 1. The number of hydrogen-bond acceptors (Lipinski definition) is 3. The number of carbonyl (C=O) groups excluding carboxylic acids is 1. The summed E-state index contributed by atoms with van der Waals surface area (Å²) in [6.07, 6.45) is -4.31. The van der Waals surface area contributed by atoms with Crippen molar-refractivity contribution < 1.29 is 27.4 Å². The Hall–Kier alpha value is -1.76. The van der Waals surface area contributed by atoms with E-state index in [1.165, 1.54) is 13.2 Å². The third kappa shape index (κ3) is 6.90. The van der Waals surface area contributed by atoms with Gasteiger partial charge in [-0.1, -0.05) is 20.8 Å². The van der Waals surface area contributed by atoms with E-state index >= 15 is 0 Å². The van der Waals surface area contributed by atoms with Crippen LogP contribution in [0, 0.1) is 5.41 Å². The highest BCUT2D eigenvalue weighted by atomic mass is 19.4. The van der Waals surface area contributed by atoms with Gasteiger partial charge in [0.1, 0.15) is 12.4 Å². The monoisotopic (exact) mass is 333 g/mol. The molecule has 0 bridgehead atoms. The van der Waals surface area contributed by atoms with E-state index in [9.17, 15) is 18.0 Å². The van der Waals surface area contributed by atoms with Gasteiger partial charge in [0.05, 0.1) is 17.9 Å². The summed E-state index contributed by atoms with van der Waals surface area (Å²) in [5.41, 5.74) is -1.11. The van der Waals surface area contributed by atoms with Gasteiger partial charge in [0.2, 0.25) is 5.91 Å². The molecule has 1 rings (SSSR count). The first kappa shape index (κ1) is 19.3. The third-order valence-electron chi connectivity index (χ3n) is 2.82. The molecule has 0 fully saturated rings. The van der Waals surface area contributed by atoms with Crippen LogP contribution in [0.4, 0.5) is 18.9 Å². The number of carbonyl (C=O) groups is 1. The molecule has 0 unspecified atom stereocenters. The number of anilines is 1. The SMILES string of the molecule is COCCOc1ccc(C(F)(F)F)cc1NC(=O)CC(C)(C)C. The zero-order chi connectivity index (χ0) is 17.7. The summed E-state index contributed by atoms with van der Waals surface area (Å²) >= 11 is 0. The first-order valence-electron chi connectivity index (χ1n) is 7.16. The van der Waals surface area contributed by atoms with Crippen molar-refractivity contribution in [3.05, 3.63) is 23.8 Å². The molecule has 0 aromatic heterocycles. The Kier molecular flexibility index (Phi) is 6.44. The molecule has 130 valence electrons. The Morgan fingerprint density at radius 1 is 1.17 bits per heavy atom. The summed E-state index contributed by atoms with van der Waals surface area (Å²) < 4.78 is 48.7. The zero-order valence-corrected chi connectivity index (χ0v) is 13.7. The highest BCUT2D eigenvalue weighted by Crippen LogP contribution is 2.35. The van der Waals surface area contributed by atoms with Gasteiger partial charge in [0.25, 0.3) is 0 Å². The van der Waals surface area contributed by atoms with Gasteiger partial charge in [0, 0.05) is 13.5 Å². The standard InChI is InChI=1S/C16H22F3NO3/c1-15(2,3)10-14(21)20-12-9-11(16(17,18)19)5-6-13(12)23-8-7-22-4/h5-6,9H,7-8,10H2,1-4H3,(H,20,21). The quantitative estimate of drug-likeness (QED) is 0.797. The lowest BCUT2D eigenvalue weighted by Gasteiger charge is -2.19. The van der Waals surface area contributed by atoms with E-state index in [4.69, 9.17) is 9.47 Å². The second-order valence-electron chi connectivity index (χ2n) is 6.34. The van der Waals surface area contributed by atoms with Crippen LogP contribution >= 0.6 is 0 Å². The van der Waals surface area contributed by atoms with E-state index in [-0.39, 0.29) is 42.4 Å². The van der Waals surface area contributed by atoms with Crippen molar-refractivity contribution in [2.24, 2.45) is 5.41 Å². The summed E-state index contributed by atoms with van der Waals surface area (Å²) in [6.45, 7) is 6.07. The first-order valence-corrected chi connectivity index (χ1v) is 7.16. The van der Waals surface area contributed by atoms with E-state index in [1.807, 2.05) is 20.8 Å². The molecule has 23 heavy (non-hydrogen) atoms. The molecular formula is C16H22F3NO3. The molecule has 0 atom stereocenters. The van der Waals surface area contributed by atoms with Crippen LogP contribution < -0.4 is 10.1 Å². The molecule has 0 radical (unpaired) electrons. The minimum Gasteiger partial charge on any atom is -0.489 e. The van der Waals surface area contributed by atoms with Crippen molar-refractivity contribution in [3.8, 4) is 5.75 Å². The molecule has 1 N–H and O–H groups in total. The average molecular weight is 333 g/mol. The van der Waals surface area contributed by atoms with Crippen LogP contribution in [0.3, 0.4) is 0 Å². The molecule has 0 aliphatic heterocycles. The number of methoxy groups -OCH3 is 1. The lowest BCUT2D eigenvalue weighted by atomic mass is 9.92. The topological polar surface area (TPSA) is 47.6 Å². The number of rotatable bonds is 6. The van der Waals surface area contributed by atoms with Crippen LogP contribution in [-0.4, -0.2) is 26.2 Å². The molecule has 0 heterocycles. The number of hydrogen-bond donors (Lipinski definition) is 1. The van der Waals surface area contributed by atoms with Crippen molar-refractivity contribution in [2.45, 2.75) is 33.4 Å². The highest BCUT2D eigenvalue weighted by molar-refractivity contribution is 5.92. The van der Waals surface area contributed by atoms with Gasteiger partial charge in [-0.2, -0.15) is 13.2 Å². The zero-order valence-electron chi connectivity index (χ0n) is 13.7. The second-order valence-corrected chi connectivity index (χ2v) is 6.34. The van der Waals surface area contributed by atoms with Crippen LogP contribution in [0.15, 0.2) is 18.2 Å². The predicted molar refractivity (Wildman–Crippen MR) is 81.5 cm³/mol. The van der Waals surface area contributed by atoms with Crippen LogP contribution in [-0.2, 0) is 15.7 Å². The molecule has 0 aliphatic rings. The number of alkyl halides is 3. The minimum absolute atomic E-state index is 0.00479. The highest BCUT2D eigenvalue weighted by Gasteiger charge is 2.31. The average Bonchev–Trinajstić information content (AvgIpc) is 2.37. The van der Waals surface area contributed by atoms with Crippen molar-refractivity contribution in [3.63, 3.8) is 0 Å². The van der Waals surface area contributed by atoms with Gasteiger partial charge in [-0.05, 0) is 23.6 Å². The van der Waals surface area contributed by atoms with Gasteiger partial charge >= 0.3 is 6.18 Å². The third-order valence-corrected chi connectivity index (χ3v) is 2.82. The first-order chi connectivity index (χ1) is 10.5. The van der Waals surface area contributed by atoms with Gasteiger partial charge in [-0.25, -0.2) is 0 Å². The summed E-state index contributed by atoms with van der Waals surface area (Å²) in [5.74, 6) is -0.189. The summed E-state index contributed by atoms with van der Waals surface area (Å²) in [6, 6.07) is 3.00. The minimum atomic E-state index is -4.49. The lowest BCUT2D eigenvalue weighted by molar-refractivity contribution is -0.137. The van der Waals surface area contributed by atoms with Gasteiger partial charge in [-0.15, -0.1) is 0 Å². The van der Waals surface area contributed by atoms with E-state index < -0.39 is 11.7 Å². The summed E-state index contributed by atoms with van der Waals surface area (Å²) in [4.78, 5) is 12.0. The lowest BCUT2D eigenvalue weighted by Crippen LogP contribution is -2.20. The fourth-order valence-electron chi connectivity index (χ4n) is 1.84. The van der Waals surface area contributed by atoms with Gasteiger partial charge in [-0.3, -0.25) is 4.79 Å². The Morgan fingerprint density at radius 2 is 1.83 bits per heavy atom. The molecular weight excluding hydrogens is 311 g/mol. The molecule has 1 aromatic rings. The number of nitrogens with one attached hydrogen (secondary N) is 1. The maximum atomic E-state index is 12.8. The van der Waals surface area contributed by atoms with Crippen LogP contribution in [0.25, 0.3) is 0 Å². The number of ether oxygens (including phenoxy) is 2. The molecule has 1 amide bonds. The molecule has 1 aromatic carbocycles. The fraction of sp³-hybridized carbons (Fsp3) is 0.562. The molecule has 7 heteroatoms. The number of amides is 1. The maximum Gasteiger partial charge on any atom is 0.416 e. The Bertz CT molecular complexity index is 536. The molecule has 4 nitrogen and oxygen atoms in total. The van der Waals surface area contributed by atoms with Gasteiger partial charge < -0.3 is 14.8 Å². The maximum absolute atomic E-state index is 12.8. The Balaban J connectivity index is 3.00. The van der Waals surface area contributed by atoms with Crippen LogP contribution in [0.5, 0.6) is 5.75 Å². The normalized spacial score (nSPS) is 12.1. The largest absolute Gasteiger partial charge is 0.489 e. The van der Waals surface area contributed by atoms with E-state index in [0.29, 0.717) is 0 Å². The Morgan fingerprint density at radius 3 is 2.35 bits per heavy atom. The van der Waals surface area contributed by atoms with Crippen LogP contribution in [0.1, 0.15) is 32.8 Å². The fourth-order valence-corrected chi connectivity index (χ4v) is 1.84. The van der Waals surface area contributed by atoms with Crippen molar-refractivity contribution >= 4 is 11.6 Å². The molecule has 0 spiro atoms. The summed E-state index contributed by atoms with van der Waals surface area (Å²) in [7, 11) is 1.49. The van der Waals surface area contributed by atoms with Crippen molar-refractivity contribution in [1.29, 1.82) is 0 Å². The molecule has 0 saturated carbocycles. The number of halogens is 3. The Labute approximate surface area is 134 Å². The van der Waals surface area contributed by atoms with E-state index in [0.717, 1.165) is 12.1 Å². The summed E-state index contributed by atoms with van der Waals surface area (Å²) in [5, 5.41) is 2.50. The van der Waals surface area contributed by atoms with Crippen LogP contribution in [0.2, 0.25) is 0 Å². The molecule has 0 saturated heterocycles. The smallest absolute Gasteiger partial charge is 0.416 e. The molecule has 0 aliphatic carbocycles. The van der Waals surface area contributed by atoms with Crippen molar-refractivity contribution in [1.82, 2.24) is 0 Å². The van der Waals surface area contributed by atoms with E-state index in [1.54, 1.807) is 0 Å².